The van der Waals surface area contributed by atoms with Gasteiger partial charge in [0.05, 0.1) is 6.54 Å². The minimum Gasteiger partial charge on any atom is -0.316 e. The third-order valence-electron chi connectivity index (χ3n) is 3.72. The van der Waals surface area contributed by atoms with E-state index in [0.29, 0.717) is 19.1 Å². The van der Waals surface area contributed by atoms with E-state index in [-0.39, 0.29) is 18.3 Å². The minimum atomic E-state index is 0. The smallest absolute Gasteiger partial charge is 0.241 e. The number of likely N-dealkylation sites (tertiary alicyclic amines) is 1. The normalized spacial score (nSPS) is 18.6. The summed E-state index contributed by atoms with van der Waals surface area (Å²) in [6.07, 6.45) is 1.13. The molecule has 1 aromatic rings. The van der Waals surface area contributed by atoms with Gasteiger partial charge in [0.15, 0.2) is 0 Å². The Kier molecular flexibility index (Phi) is 6.99. The minimum absolute atomic E-state index is 0. The second kappa shape index (κ2) is 8.25. The molecule has 2 rings (SSSR count). The standard InChI is InChI=1S/C15H23N3O.ClH/c1-3-18(14-7-5-4-6-8-14)15(19)12-17-10-9-13(11-17)16-2;/h4-8,13,16H,3,9-12H2,1-2H3;1H. The molecule has 1 saturated heterocycles. The van der Waals surface area contributed by atoms with Gasteiger partial charge >= 0.3 is 0 Å². The van der Waals surface area contributed by atoms with E-state index in [1.54, 1.807) is 0 Å². The Labute approximate surface area is 127 Å². The van der Waals surface area contributed by atoms with Crippen LogP contribution in [0.15, 0.2) is 30.3 Å². The van der Waals surface area contributed by atoms with Crippen molar-refractivity contribution in [2.24, 2.45) is 0 Å². The van der Waals surface area contributed by atoms with Crippen LogP contribution < -0.4 is 10.2 Å². The van der Waals surface area contributed by atoms with Crippen molar-refractivity contribution in [2.45, 2.75) is 19.4 Å². The number of amides is 1. The lowest BCUT2D eigenvalue weighted by Crippen LogP contribution is -2.40. The van der Waals surface area contributed by atoms with Gasteiger partial charge in [-0.2, -0.15) is 0 Å². The van der Waals surface area contributed by atoms with Crippen molar-refractivity contribution in [2.75, 3.05) is 38.1 Å². The van der Waals surface area contributed by atoms with Crippen LogP contribution in [0.4, 0.5) is 5.69 Å². The molecule has 0 aromatic heterocycles. The van der Waals surface area contributed by atoms with Gasteiger partial charge in [-0.15, -0.1) is 12.4 Å². The van der Waals surface area contributed by atoms with Gasteiger partial charge in [-0.3, -0.25) is 9.69 Å². The number of para-hydroxylation sites is 1. The fraction of sp³-hybridized carbons (Fsp3) is 0.533. The molecular formula is C15H24ClN3O. The fourth-order valence-electron chi connectivity index (χ4n) is 2.60. The number of anilines is 1. The highest BCUT2D eigenvalue weighted by Crippen LogP contribution is 2.15. The van der Waals surface area contributed by atoms with Crippen LogP contribution >= 0.6 is 12.4 Å². The van der Waals surface area contributed by atoms with Gasteiger partial charge in [0.25, 0.3) is 0 Å². The summed E-state index contributed by atoms with van der Waals surface area (Å²) in [5, 5.41) is 3.28. The molecule has 1 atom stereocenters. The van der Waals surface area contributed by atoms with Crippen LogP contribution in [0.3, 0.4) is 0 Å². The molecule has 0 radical (unpaired) electrons. The first-order valence-electron chi connectivity index (χ1n) is 6.99. The second-order valence-electron chi connectivity index (χ2n) is 4.98. The Hall–Kier alpha value is -1.10. The Balaban J connectivity index is 0.00000200. The van der Waals surface area contributed by atoms with Gasteiger partial charge in [0.1, 0.15) is 0 Å². The Bertz CT molecular complexity index is 413. The molecule has 0 bridgehead atoms. The number of rotatable bonds is 5. The lowest BCUT2D eigenvalue weighted by molar-refractivity contribution is -0.119. The monoisotopic (exact) mass is 297 g/mol. The number of carbonyl (C=O) groups is 1. The highest BCUT2D eigenvalue weighted by atomic mass is 35.5. The molecule has 0 aliphatic carbocycles. The van der Waals surface area contributed by atoms with Crippen molar-refractivity contribution in [1.82, 2.24) is 10.2 Å². The summed E-state index contributed by atoms with van der Waals surface area (Å²) in [7, 11) is 1.98. The second-order valence-corrected chi connectivity index (χ2v) is 4.98. The molecule has 0 saturated carbocycles. The number of nitrogens with zero attached hydrogens (tertiary/aromatic N) is 2. The van der Waals surface area contributed by atoms with Crippen molar-refractivity contribution in [1.29, 1.82) is 0 Å². The molecule has 4 nitrogen and oxygen atoms in total. The molecule has 1 aliphatic heterocycles. The third kappa shape index (κ3) is 4.20. The molecule has 1 aliphatic rings. The number of hydrogen-bond acceptors (Lipinski definition) is 3. The van der Waals surface area contributed by atoms with Crippen molar-refractivity contribution in [3.8, 4) is 0 Å². The molecule has 1 amide bonds. The fourth-order valence-corrected chi connectivity index (χ4v) is 2.60. The Morgan fingerprint density at radius 3 is 2.65 bits per heavy atom. The highest BCUT2D eigenvalue weighted by Gasteiger charge is 2.24. The number of hydrogen-bond donors (Lipinski definition) is 1. The molecule has 1 N–H and O–H groups in total. The maximum atomic E-state index is 12.4. The molecule has 1 fully saturated rings. The summed E-state index contributed by atoms with van der Waals surface area (Å²) in [4.78, 5) is 16.5. The topological polar surface area (TPSA) is 35.6 Å². The molecule has 0 spiro atoms. The van der Waals surface area contributed by atoms with Crippen molar-refractivity contribution >= 4 is 24.0 Å². The average Bonchev–Trinajstić information content (AvgIpc) is 2.88. The van der Waals surface area contributed by atoms with Crippen molar-refractivity contribution in [3.05, 3.63) is 30.3 Å². The Morgan fingerprint density at radius 1 is 1.40 bits per heavy atom. The molecule has 1 heterocycles. The number of halogens is 1. The van der Waals surface area contributed by atoms with E-state index in [1.165, 1.54) is 0 Å². The van der Waals surface area contributed by atoms with E-state index in [4.69, 9.17) is 0 Å². The van der Waals surface area contributed by atoms with Gasteiger partial charge in [0, 0.05) is 31.4 Å². The van der Waals surface area contributed by atoms with E-state index in [9.17, 15) is 4.79 Å². The molecule has 20 heavy (non-hydrogen) atoms. The van der Waals surface area contributed by atoms with Gasteiger partial charge in [0.2, 0.25) is 5.91 Å². The maximum Gasteiger partial charge on any atom is 0.241 e. The molecule has 1 aromatic carbocycles. The number of carbonyl (C=O) groups excluding carboxylic acids is 1. The molecule has 112 valence electrons. The summed E-state index contributed by atoms with van der Waals surface area (Å²) in [5.41, 5.74) is 0.986. The van der Waals surface area contributed by atoms with Crippen molar-refractivity contribution in [3.63, 3.8) is 0 Å². The predicted octanol–water partition coefficient (Wildman–Crippen LogP) is 1.75. The first-order valence-corrected chi connectivity index (χ1v) is 6.99. The predicted molar refractivity (Wildman–Crippen MR) is 85.6 cm³/mol. The maximum absolute atomic E-state index is 12.4. The van der Waals surface area contributed by atoms with Crippen molar-refractivity contribution < 1.29 is 4.79 Å². The van der Waals surface area contributed by atoms with Crippen LogP contribution in [0.2, 0.25) is 0 Å². The summed E-state index contributed by atoms with van der Waals surface area (Å²) in [6, 6.07) is 10.4. The van der Waals surface area contributed by atoms with Gasteiger partial charge in [-0.25, -0.2) is 0 Å². The average molecular weight is 298 g/mol. The first kappa shape index (κ1) is 17.0. The number of benzene rings is 1. The van der Waals surface area contributed by atoms with Gasteiger partial charge < -0.3 is 10.2 Å². The van der Waals surface area contributed by atoms with Crippen LogP contribution in [0.5, 0.6) is 0 Å². The largest absolute Gasteiger partial charge is 0.316 e. The molecular weight excluding hydrogens is 274 g/mol. The lowest BCUT2D eigenvalue weighted by Gasteiger charge is -2.24. The summed E-state index contributed by atoms with van der Waals surface area (Å²) in [6.45, 7) is 5.22. The van der Waals surface area contributed by atoms with Gasteiger partial charge in [-0.1, -0.05) is 18.2 Å². The lowest BCUT2D eigenvalue weighted by atomic mass is 10.2. The quantitative estimate of drug-likeness (QED) is 0.899. The van der Waals surface area contributed by atoms with E-state index < -0.39 is 0 Å². The van der Waals surface area contributed by atoms with Crippen LogP contribution in [0, 0.1) is 0 Å². The van der Waals surface area contributed by atoms with E-state index >= 15 is 0 Å². The summed E-state index contributed by atoms with van der Waals surface area (Å²) < 4.78 is 0. The van der Waals surface area contributed by atoms with Crippen LogP contribution in [-0.4, -0.2) is 50.1 Å². The summed E-state index contributed by atoms with van der Waals surface area (Å²) >= 11 is 0. The Morgan fingerprint density at radius 2 is 2.10 bits per heavy atom. The number of likely N-dealkylation sites (N-methyl/N-ethyl adjacent to an activating group) is 2. The van der Waals surface area contributed by atoms with Gasteiger partial charge in [-0.05, 0) is 32.5 Å². The zero-order valence-corrected chi connectivity index (χ0v) is 13.0. The highest BCUT2D eigenvalue weighted by molar-refractivity contribution is 5.94. The SMILES string of the molecule is CCN(C(=O)CN1CCC(NC)C1)c1ccccc1.Cl. The first-order chi connectivity index (χ1) is 9.24. The van der Waals surface area contributed by atoms with E-state index in [1.807, 2.05) is 49.2 Å². The molecule has 1 unspecified atom stereocenters. The van der Waals surface area contributed by atoms with Crippen LogP contribution in [-0.2, 0) is 4.79 Å². The van der Waals surface area contributed by atoms with E-state index in [0.717, 1.165) is 25.2 Å². The zero-order valence-electron chi connectivity index (χ0n) is 12.2. The third-order valence-corrected chi connectivity index (χ3v) is 3.72. The van der Waals surface area contributed by atoms with Crippen LogP contribution in [0.1, 0.15) is 13.3 Å². The van der Waals surface area contributed by atoms with E-state index in [2.05, 4.69) is 10.2 Å². The number of nitrogens with one attached hydrogen (secondary N) is 1. The molecule has 5 heteroatoms. The summed E-state index contributed by atoms with van der Waals surface area (Å²) in [5.74, 6) is 0.186. The zero-order chi connectivity index (χ0) is 13.7. The van der Waals surface area contributed by atoms with Crippen LogP contribution in [0.25, 0.3) is 0 Å².